The highest BCUT2D eigenvalue weighted by Gasteiger charge is 2.24. The average Bonchev–Trinajstić information content (AvgIpc) is 3.09. The molecule has 1 N–H and O–H groups in total. The standard InChI is InChI=1S/C21H18N4O3S/c1-14-6-3-4-8-19(14)25-15(2)18(13-23-25)21(26)24-29(27,28)20-9-5-7-16-12-22-11-10-17(16)20/h3-13H,1-2H3,(H,24,26). The second kappa shape index (κ2) is 7.14. The van der Waals surface area contributed by atoms with E-state index >= 15 is 0 Å². The molecule has 2 heterocycles. The summed E-state index contributed by atoms with van der Waals surface area (Å²) in [5.41, 5.74) is 2.56. The van der Waals surface area contributed by atoms with Gasteiger partial charge in [0.05, 0.1) is 28.0 Å². The molecule has 2 aromatic carbocycles. The van der Waals surface area contributed by atoms with Crippen molar-refractivity contribution in [3.63, 3.8) is 0 Å². The van der Waals surface area contributed by atoms with Gasteiger partial charge in [-0.2, -0.15) is 5.10 Å². The largest absolute Gasteiger partial charge is 0.268 e. The van der Waals surface area contributed by atoms with E-state index in [-0.39, 0.29) is 10.5 Å². The van der Waals surface area contributed by atoms with Gasteiger partial charge in [0, 0.05) is 23.2 Å². The van der Waals surface area contributed by atoms with Gasteiger partial charge < -0.3 is 0 Å². The summed E-state index contributed by atoms with van der Waals surface area (Å²) in [5.74, 6) is -0.728. The van der Waals surface area contributed by atoms with Crippen LogP contribution in [0.5, 0.6) is 0 Å². The van der Waals surface area contributed by atoms with Gasteiger partial charge in [0.25, 0.3) is 15.9 Å². The van der Waals surface area contributed by atoms with Crippen LogP contribution in [0.1, 0.15) is 21.6 Å². The average molecular weight is 406 g/mol. The van der Waals surface area contributed by atoms with E-state index in [0.29, 0.717) is 16.5 Å². The lowest BCUT2D eigenvalue weighted by Gasteiger charge is -2.10. The summed E-state index contributed by atoms with van der Waals surface area (Å²) in [5, 5.41) is 5.44. The third-order valence-electron chi connectivity index (χ3n) is 4.76. The van der Waals surface area contributed by atoms with Crippen molar-refractivity contribution in [2.24, 2.45) is 0 Å². The Balaban J connectivity index is 1.69. The molecule has 0 aliphatic carbocycles. The number of nitrogens with one attached hydrogen (secondary N) is 1. The van der Waals surface area contributed by atoms with Crippen molar-refractivity contribution in [1.29, 1.82) is 0 Å². The zero-order valence-corrected chi connectivity index (χ0v) is 16.6. The Labute approximate surface area is 168 Å². The molecule has 0 radical (unpaired) electrons. The van der Waals surface area contributed by atoms with Gasteiger partial charge in [-0.05, 0) is 37.6 Å². The molecule has 4 aromatic rings. The molecule has 0 spiro atoms. The molecule has 8 heteroatoms. The fraction of sp³-hybridized carbons (Fsp3) is 0.0952. The van der Waals surface area contributed by atoms with Crippen LogP contribution in [0.2, 0.25) is 0 Å². The topological polar surface area (TPSA) is 94.0 Å². The Kier molecular flexibility index (Phi) is 4.63. The van der Waals surface area contributed by atoms with Gasteiger partial charge in [-0.3, -0.25) is 9.78 Å². The lowest BCUT2D eigenvalue weighted by atomic mass is 10.2. The third-order valence-corrected chi connectivity index (χ3v) is 6.14. The molecule has 4 rings (SSSR count). The number of pyridine rings is 1. The number of sulfonamides is 1. The normalized spacial score (nSPS) is 11.5. The number of hydrogen-bond acceptors (Lipinski definition) is 5. The highest BCUT2D eigenvalue weighted by atomic mass is 32.2. The molecule has 29 heavy (non-hydrogen) atoms. The summed E-state index contributed by atoms with van der Waals surface area (Å²) in [6, 6.07) is 14.1. The van der Waals surface area contributed by atoms with E-state index in [4.69, 9.17) is 0 Å². The van der Waals surface area contributed by atoms with Gasteiger partial charge >= 0.3 is 0 Å². The summed E-state index contributed by atoms with van der Waals surface area (Å²) in [6.07, 6.45) is 4.46. The molecule has 0 aliphatic rings. The maximum atomic E-state index is 12.9. The van der Waals surface area contributed by atoms with Crippen LogP contribution in [0.3, 0.4) is 0 Å². The number of fused-ring (bicyclic) bond motifs is 1. The van der Waals surface area contributed by atoms with Crippen LogP contribution < -0.4 is 4.72 Å². The second-order valence-electron chi connectivity index (χ2n) is 6.63. The summed E-state index contributed by atoms with van der Waals surface area (Å²) in [7, 11) is -4.08. The van der Waals surface area contributed by atoms with Crippen LogP contribution >= 0.6 is 0 Å². The van der Waals surface area contributed by atoms with Crippen molar-refractivity contribution in [3.05, 3.63) is 83.9 Å². The summed E-state index contributed by atoms with van der Waals surface area (Å²) in [6.45, 7) is 3.67. The number of benzene rings is 2. The van der Waals surface area contributed by atoms with E-state index < -0.39 is 15.9 Å². The number of carbonyl (C=O) groups is 1. The number of carbonyl (C=O) groups excluding carboxylic acids is 1. The van der Waals surface area contributed by atoms with Crippen LogP contribution in [0.15, 0.2) is 72.0 Å². The Morgan fingerprint density at radius 2 is 1.79 bits per heavy atom. The molecule has 7 nitrogen and oxygen atoms in total. The Morgan fingerprint density at radius 3 is 2.59 bits per heavy atom. The minimum Gasteiger partial charge on any atom is -0.268 e. The molecular formula is C21H18N4O3S. The smallest absolute Gasteiger partial charge is 0.268 e. The second-order valence-corrected chi connectivity index (χ2v) is 8.28. The van der Waals surface area contributed by atoms with Crippen molar-refractivity contribution >= 4 is 26.7 Å². The van der Waals surface area contributed by atoms with E-state index in [9.17, 15) is 13.2 Å². The van der Waals surface area contributed by atoms with Gasteiger partial charge in [0.1, 0.15) is 0 Å². The lowest BCUT2D eigenvalue weighted by molar-refractivity contribution is 0.0981. The molecule has 0 unspecified atom stereocenters. The van der Waals surface area contributed by atoms with Crippen molar-refractivity contribution in [2.45, 2.75) is 18.7 Å². The van der Waals surface area contributed by atoms with Crippen molar-refractivity contribution < 1.29 is 13.2 Å². The molecular weight excluding hydrogens is 388 g/mol. The SMILES string of the molecule is Cc1ccccc1-n1ncc(C(=O)NS(=O)(=O)c2cccc3cnccc23)c1C. The van der Waals surface area contributed by atoms with Crippen LogP contribution in [-0.2, 0) is 10.0 Å². The number of hydrogen-bond donors (Lipinski definition) is 1. The number of para-hydroxylation sites is 1. The molecule has 0 saturated heterocycles. The number of nitrogens with zero attached hydrogens (tertiary/aromatic N) is 3. The van der Waals surface area contributed by atoms with Crippen LogP contribution in [-0.4, -0.2) is 29.1 Å². The molecule has 1 amide bonds. The fourth-order valence-electron chi connectivity index (χ4n) is 3.24. The monoisotopic (exact) mass is 406 g/mol. The predicted octanol–water partition coefficient (Wildman–Crippen LogP) is 3.16. The van der Waals surface area contributed by atoms with E-state index in [0.717, 1.165) is 11.3 Å². The molecule has 2 aromatic heterocycles. The first-order chi connectivity index (χ1) is 13.9. The minimum atomic E-state index is -4.08. The van der Waals surface area contributed by atoms with Crippen molar-refractivity contribution in [2.75, 3.05) is 0 Å². The highest BCUT2D eigenvalue weighted by Crippen LogP contribution is 2.23. The Bertz CT molecular complexity index is 1340. The zero-order chi connectivity index (χ0) is 20.6. The van der Waals surface area contributed by atoms with Crippen molar-refractivity contribution in [3.8, 4) is 5.69 Å². The van der Waals surface area contributed by atoms with Gasteiger partial charge in [-0.1, -0.05) is 30.3 Å². The quantitative estimate of drug-likeness (QED) is 0.562. The van der Waals surface area contributed by atoms with E-state index in [2.05, 4.69) is 14.8 Å². The molecule has 0 fully saturated rings. The Morgan fingerprint density at radius 1 is 1.00 bits per heavy atom. The zero-order valence-electron chi connectivity index (χ0n) is 15.8. The first kappa shape index (κ1) is 18.8. The fourth-order valence-corrected chi connectivity index (χ4v) is 4.43. The summed E-state index contributed by atoms with van der Waals surface area (Å²) >= 11 is 0. The predicted molar refractivity (Wildman–Crippen MR) is 109 cm³/mol. The molecule has 0 atom stereocenters. The maximum Gasteiger partial charge on any atom is 0.268 e. The Hall–Kier alpha value is -3.52. The van der Waals surface area contributed by atoms with Crippen LogP contribution in [0, 0.1) is 13.8 Å². The molecule has 0 aliphatic heterocycles. The summed E-state index contributed by atoms with van der Waals surface area (Å²) < 4.78 is 29.6. The number of aryl methyl sites for hydroxylation is 1. The minimum absolute atomic E-state index is 0.0229. The molecule has 146 valence electrons. The number of amides is 1. The lowest BCUT2D eigenvalue weighted by Crippen LogP contribution is -2.31. The molecule has 0 bridgehead atoms. The van der Waals surface area contributed by atoms with Gasteiger partial charge in [0.15, 0.2) is 0 Å². The van der Waals surface area contributed by atoms with Gasteiger partial charge in [-0.25, -0.2) is 17.8 Å². The third kappa shape index (κ3) is 3.38. The summed E-state index contributed by atoms with van der Waals surface area (Å²) in [4.78, 5) is 16.8. The van der Waals surface area contributed by atoms with Crippen LogP contribution in [0.25, 0.3) is 16.5 Å². The van der Waals surface area contributed by atoms with Crippen LogP contribution in [0.4, 0.5) is 0 Å². The number of rotatable bonds is 4. The van der Waals surface area contributed by atoms with Gasteiger partial charge in [-0.15, -0.1) is 0 Å². The highest BCUT2D eigenvalue weighted by molar-refractivity contribution is 7.90. The first-order valence-electron chi connectivity index (χ1n) is 8.89. The maximum absolute atomic E-state index is 12.9. The van der Waals surface area contributed by atoms with Crippen molar-refractivity contribution in [1.82, 2.24) is 19.5 Å². The van der Waals surface area contributed by atoms with E-state index in [1.54, 1.807) is 36.0 Å². The molecule has 0 saturated carbocycles. The van der Waals surface area contributed by atoms with Gasteiger partial charge in [0.2, 0.25) is 0 Å². The first-order valence-corrected chi connectivity index (χ1v) is 10.4. The van der Waals surface area contributed by atoms with E-state index in [1.807, 2.05) is 31.2 Å². The van der Waals surface area contributed by atoms with E-state index in [1.165, 1.54) is 18.5 Å². The number of aromatic nitrogens is 3.